The maximum Gasteiger partial charge on any atom is 0.260 e. The van der Waals surface area contributed by atoms with Gasteiger partial charge in [0.05, 0.1) is 5.69 Å². The maximum atomic E-state index is 12.1. The molecule has 1 aromatic rings. The molecule has 0 aliphatic heterocycles. The highest BCUT2D eigenvalue weighted by molar-refractivity contribution is 7.89. The van der Waals surface area contributed by atoms with Crippen molar-refractivity contribution in [3.8, 4) is 0 Å². The molecule has 94 valence electrons. The van der Waals surface area contributed by atoms with Crippen LogP contribution in [0.2, 0.25) is 0 Å². The lowest BCUT2D eigenvalue weighted by molar-refractivity contribution is 0.552. The lowest BCUT2D eigenvalue weighted by Gasteiger charge is -2.10. The lowest BCUT2D eigenvalue weighted by atomic mass is 10.2. The van der Waals surface area contributed by atoms with Gasteiger partial charge in [-0.2, -0.15) is 0 Å². The SMILES string of the molecule is CNc1cccnc1S(=O)(=O)NC1CC1(C)C. The summed E-state index contributed by atoms with van der Waals surface area (Å²) in [5, 5.41) is 2.89. The van der Waals surface area contributed by atoms with E-state index in [-0.39, 0.29) is 16.5 Å². The molecule has 0 amide bonds. The van der Waals surface area contributed by atoms with E-state index >= 15 is 0 Å². The fourth-order valence-electron chi connectivity index (χ4n) is 1.71. The maximum absolute atomic E-state index is 12.1. The number of rotatable bonds is 4. The van der Waals surface area contributed by atoms with Gasteiger partial charge in [0.15, 0.2) is 5.03 Å². The molecule has 0 spiro atoms. The normalized spacial score (nSPS) is 22.2. The highest BCUT2D eigenvalue weighted by atomic mass is 32.2. The lowest BCUT2D eigenvalue weighted by Crippen LogP contribution is -2.29. The van der Waals surface area contributed by atoms with E-state index in [1.54, 1.807) is 19.2 Å². The molecule has 5 nitrogen and oxygen atoms in total. The molecule has 17 heavy (non-hydrogen) atoms. The van der Waals surface area contributed by atoms with Crippen LogP contribution in [0.5, 0.6) is 0 Å². The van der Waals surface area contributed by atoms with Crippen LogP contribution in [-0.2, 0) is 10.0 Å². The topological polar surface area (TPSA) is 71.1 Å². The summed E-state index contributed by atoms with van der Waals surface area (Å²) in [7, 11) is -1.86. The van der Waals surface area contributed by atoms with Gasteiger partial charge in [0, 0.05) is 19.3 Å². The van der Waals surface area contributed by atoms with Crippen LogP contribution < -0.4 is 10.0 Å². The van der Waals surface area contributed by atoms with Crippen LogP contribution >= 0.6 is 0 Å². The number of sulfonamides is 1. The quantitative estimate of drug-likeness (QED) is 0.848. The first-order valence-corrected chi connectivity index (χ1v) is 7.00. The molecule has 1 atom stereocenters. The molecule has 1 aliphatic rings. The molecule has 0 radical (unpaired) electrons. The first-order valence-electron chi connectivity index (χ1n) is 5.52. The van der Waals surface area contributed by atoms with Gasteiger partial charge in [0.2, 0.25) is 0 Å². The van der Waals surface area contributed by atoms with Crippen molar-refractivity contribution in [3.05, 3.63) is 18.3 Å². The molecule has 0 bridgehead atoms. The molecule has 1 heterocycles. The van der Waals surface area contributed by atoms with Crippen molar-refractivity contribution in [1.29, 1.82) is 0 Å². The Morgan fingerprint density at radius 2 is 2.12 bits per heavy atom. The van der Waals surface area contributed by atoms with Gasteiger partial charge in [-0.05, 0) is 24.0 Å². The number of hydrogen-bond acceptors (Lipinski definition) is 4. The van der Waals surface area contributed by atoms with Gasteiger partial charge in [0.25, 0.3) is 10.0 Å². The number of nitrogens with zero attached hydrogens (tertiary/aromatic N) is 1. The number of anilines is 1. The molecule has 0 saturated heterocycles. The van der Waals surface area contributed by atoms with Crippen molar-refractivity contribution >= 4 is 15.7 Å². The third-order valence-electron chi connectivity index (χ3n) is 3.11. The Kier molecular flexibility index (Phi) is 2.87. The number of hydrogen-bond donors (Lipinski definition) is 2. The molecular weight excluding hydrogens is 238 g/mol. The van der Waals surface area contributed by atoms with Gasteiger partial charge < -0.3 is 5.32 Å². The van der Waals surface area contributed by atoms with E-state index in [0.29, 0.717) is 5.69 Å². The minimum atomic E-state index is -3.53. The van der Waals surface area contributed by atoms with Crippen molar-refractivity contribution in [3.63, 3.8) is 0 Å². The van der Waals surface area contributed by atoms with Gasteiger partial charge in [-0.1, -0.05) is 13.8 Å². The molecular formula is C11H17N3O2S. The van der Waals surface area contributed by atoms with E-state index in [1.807, 2.05) is 13.8 Å². The number of pyridine rings is 1. The Labute approximate surface area is 102 Å². The average Bonchev–Trinajstić information content (AvgIpc) is 2.85. The third-order valence-corrected chi connectivity index (χ3v) is 4.54. The van der Waals surface area contributed by atoms with Gasteiger partial charge in [0.1, 0.15) is 0 Å². The summed E-state index contributed by atoms with van der Waals surface area (Å²) < 4.78 is 27.0. The summed E-state index contributed by atoms with van der Waals surface area (Å²) in [6, 6.07) is 3.41. The summed E-state index contributed by atoms with van der Waals surface area (Å²) in [5.41, 5.74) is 0.570. The smallest absolute Gasteiger partial charge is 0.260 e. The van der Waals surface area contributed by atoms with Crippen LogP contribution in [-0.4, -0.2) is 26.5 Å². The summed E-state index contributed by atoms with van der Waals surface area (Å²) in [6.07, 6.45) is 2.35. The highest BCUT2D eigenvalue weighted by Gasteiger charge is 2.48. The predicted molar refractivity (Wildman–Crippen MR) is 66.3 cm³/mol. The minimum Gasteiger partial charge on any atom is -0.386 e. The molecule has 0 aromatic carbocycles. The van der Waals surface area contributed by atoms with Gasteiger partial charge in [-0.3, -0.25) is 0 Å². The van der Waals surface area contributed by atoms with Crippen LogP contribution in [0, 0.1) is 5.41 Å². The van der Waals surface area contributed by atoms with Crippen LogP contribution in [0.1, 0.15) is 20.3 Å². The Morgan fingerprint density at radius 3 is 2.65 bits per heavy atom. The van der Waals surface area contributed by atoms with Crippen molar-refractivity contribution < 1.29 is 8.42 Å². The highest BCUT2D eigenvalue weighted by Crippen LogP contribution is 2.45. The van der Waals surface area contributed by atoms with Crippen LogP contribution in [0.4, 0.5) is 5.69 Å². The van der Waals surface area contributed by atoms with E-state index in [0.717, 1.165) is 6.42 Å². The second-order valence-electron chi connectivity index (χ2n) is 4.97. The Morgan fingerprint density at radius 1 is 1.47 bits per heavy atom. The standard InChI is InChI=1S/C11H17N3O2S/c1-11(2)7-9(11)14-17(15,16)10-8(12-3)5-4-6-13-10/h4-6,9,12,14H,7H2,1-3H3. The third kappa shape index (κ3) is 2.42. The van der Waals surface area contributed by atoms with E-state index in [9.17, 15) is 8.42 Å². The second-order valence-corrected chi connectivity index (χ2v) is 6.60. The van der Waals surface area contributed by atoms with Crippen LogP contribution in [0.25, 0.3) is 0 Å². The van der Waals surface area contributed by atoms with E-state index in [1.165, 1.54) is 6.20 Å². The summed E-state index contributed by atoms with van der Waals surface area (Å²) >= 11 is 0. The first-order chi connectivity index (χ1) is 7.87. The second kappa shape index (κ2) is 3.96. The van der Waals surface area contributed by atoms with Gasteiger partial charge in [-0.15, -0.1) is 0 Å². The number of nitrogens with one attached hydrogen (secondary N) is 2. The Balaban J connectivity index is 2.26. The molecule has 1 unspecified atom stereocenters. The summed E-state index contributed by atoms with van der Waals surface area (Å²) in [5.74, 6) is 0. The molecule has 6 heteroatoms. The van der Waals surface area contributed by atoms with Crippen LogP contribution in [0.3, 0.4) is 0 Å². The first kappa shape index (κ1) is 12.3. The van der Waals surface area contributed by atoms with Crippen molar-refractivity contribution in [2.45, 2.75) is 31.3 Å². The van der Waals surface area contributed by atoms with Crippen molar-refractivity contribution in [2.75, 3.05) is 12.4 Å². The van der Waals surface area contributed by atoms with Crippen LogP contribution in [0.15, 0.2) is 23.4 Å². The van der Waals surface area contributed by atoms with Gasteiger partial charge >= 0.3 is 0 Å². The largest absolute Gasteiger partial charge is 0.386 e. The van der Waals surface area contributed by atoms with Gasteiger partial charge in [-0.25, -0.2) is 18.1 Å². The fraction of sp³-hybridized carbons (Fsp3) is 0.545. The Hall–Kier alpha value is -1.14. The molecule has 1 fully saturated rings. The Bertz CT molecular complexity index is 525. The molecule has 1 aliphatic carbocycles. The van der Waals surface area contributed by atoms with E-state index in [4.69, 9.17) is 0 Å². The summed E-state index contributed by atoms with van der Waals surface area (Å²) in [6.45, 7) is 4.08. The predicted octanol–water partition coefficient (Wildman–Crippen LogP) is 1.20. The zero-order chi connectivity index (χ0) is 12.7. The van der Waals surface area contributed by atoms with Crippen molar-refractivity contribution in [2.24, 2.45) is 5.41 Å². The van der Waals surface area contributed by atoms with E-state index in [2.05, 4.69) is 15.0 Å². The average molecular weight is 255 g/mol. The molecule has 1 saturated carbocycles. The van der Waals surface area contributed by atoms with Crippen molar-refractivity contribution in [1.82, 2.24) is 9.71 Å². The zero-order valence-corrected chi connectivity index (χ0v) is 11.0. The monoisotopic (exact) mass is 255 g/mol. The summed E-state index contributed by atoms with van der Waals surface area (Å²) in [4.78, 5) is 3.94. The fourth-order valence-corrected chi connectivity index (χ4v) is 3.25. The zero-order valence-electron chi connectivity index (χ0n) is 10.2. The van der Waals surface area contributed by atoms with E-state index < -0.39 is 10.0 Å². The molecule has 1 aromatic heterocycles. The molecule has 2 rings (SSSR count). The molecule has 2 N–H and O–H groups in total. The number of aromatic nitrogens is 1. The minimum absolute atomic E-state index is 0.0132.